The Morgan fingerprint density at radius 2 is 1.71 bits per heavy atom. The molecule has 0 aliphatic heterocycles. The Kier molecular flexibility index (Phi) is 5.75. The lowest BCUT2D eigenvalue weighted by Gasteiger charge is -2.09. The maximum absolute atomic E-state index is 11.7. The van der Waals surface area contributed by atoms with Crippen LogP contribution in [0.15, 0.2) is 29.3 Å². The van der Waals surface area contributed by atoms with Crippen LogP contribution >= 0.6 is 23.2 Å². The minimum Gasteiger partial charge on any atom is -0.478 e. The third-order valence-electron chi connectivity index (χ3n) is 2.63. The number of benzene rings is 1. The van der Waals surface area contributed by atoms with Crippen molar-refractivity contribution in [2.24, 2.45) is 0 Å². The number of carbonyl (C=O) groups is 3. The lowest BCUT2D eigenvalue weighted by molar-refractivity contribution is -0.133. The van der Waals surface area contributed by atoms with E-state index < -0.39 is 17.9 Å². The van der Waals surface area contributed by atoms with E-state index in [9.17, 15) is 14.4 Å². The zero-order valence-electron chi connectivity index (χ0n) is 11.2. The van der Waals surface area contributed by atoms with Gasteiger partial charge in [0.15, 0.2) is 0 Å². The summed E-state index contributed by atoms with van der Waals surface area (Å²) >= 11 is 11.6. The molecule has 0 bridgehead atoms. The Hall–Kier alpha value is -2.05. The number of rotatable bonds is 3. The van der Waals surface area contributed by atoms with Gasteiger partial charge in [-0.3, -0.25) is 10.1 Å². The van der Waals surface area contributed by atoms with Gasteiger partial charge in [0.25, 0.3) is 5.91 Å². The number of nitrogens with one attached hydrogen (secondary N) is 2. The fourth-order valence-corrected chi connectivity index (χ4v) is 1.73. The van der Waals surface area contributed by atoms with Crippen LogP contribution in [0.4, 0.5) is 10.5 Å². The summed E-state index contributed by atoms with van der Waals surface area (Å²) < 4.78 is 0. The predicted octanol–water partition coefficient (Wildman–Crippen LogP) is 3.06. The summed E-state index contributed by atoms with van der Waals surface area (Å²) in [5.74, 6) is -2.04. The molecule has 0 heterocycles. The maximum atomic E-state index is 11.7. The minimum absolute atomic E-state index is 0.0696. The van der Waals surface area contributed by atoms with Crippen LogP contribution in [0.3, 0.4) is 0 Å². The van der Waals surface area contributed by atoms with Crippen LogP contribution in [-0.4, -0.2) is 23.0 Å². The van der Waals surface area contributed by atoms with Crippen molar-refractivity contribution in [1.82, 2.24) is 5.32 Å². The fourth-order valence-electron chi connectivity index (χ4n) is 1.27. The highest BCUT2D eigenvalue weighted by atomic mass is 35.5. The fraction of sp³-hybridized carbons (Fsp3) is 0.154. The zero-order valence-corrected chi connectivity index (χ0v) is 12.7. The molecule has 0 aliphatic carbocycles. The number of imide groups is 1. The minimum atomic E-state index is -1.23. The summed E-state index contributed by atoms with van der Waals surface area (Å²) in [5.41, 5.74) is 0.0487. The largest absolute Gasteiger partial charge is 0.478 e. The van der Waals surface area contributed by atoms with Crippen LogP contribution < -0.4 is 10.6 Å². The van der Waals surface area contributed by atoms with Gasteiger partial charge in [0.1, 0.15) is 0 Å². The van der Waals surface area contributed by atoms with Crippen molar-refractivity contribution in [3.05, 3.63) is 39.4 Å². The third-order valence-corrected chi connectivity index (χ3v) is 3.18. The van der Waals surface area contributed by atoms with Crippen molar-refractivity contribution in [2.45, 2.75) is 13.8 Å². The molecule has 1 aromatic rings. The van der Waals surface area contributed by atoms with E-state index in [2.05, 4.69) is 5.32 Å². The number of urea groups is 1. The molecule has 0 spiro atoms. The average molecular weight is 331 g/mol. The van der Waals surface area contributed by atoms with Gasteiger partial charge in [-0.1, -0.05) is 23.2 Å². The van der Waals surface area contributed by atoms with E-state index in [-0.39, 0.29) is 21.9 Å². The second-order valence-corrected chi connectivity index (χ2v) is 4.93. The van der Waals surface area contributed by atoms with Gasteiger partial charge in [0.2, 0.25) is 0 Å². The van der Waals surface area contributed by atoms with Crippen LogP contribution in [0, 0.1) is 0 Å². The molecule has 0 atom stereocenters. The second kappa shape index (κ2) is 7.10. The Morgan fingerprint density at radius 3 is 2.24 bits per heavy atom. The van der Waals surface area contributed by atoms with E-state index in [1.54, 1.807) is 0 Å². The van der Waals surface area contributed by atoms with Gasteiger partial charge < -0.3 is 10.4 Å². The molecule has 0 unspecified atom stereocenters. The Labute approximate surface area is 130 Å². The molecule has 112 valence electrons. The van der Waals surface area contributed by atoms with Crippen LogP contribution in [0.25, 0.3) is 0 Å². The van der Waals surface area contributed by atoms with E-state index in [4.69, 9.17) is 28.3 Å². The summed E-state index contributed by atoms with van der Waals surface area (Å²) in [6.45, 7) is 2.58. The molecule has 0 aliphatic rings. The molecule has 8 heteroatoms. The molecule has 21 heavy (non-hydrogen) atoms. The Balaban J connectivity index is 2.76. The van der Waals surface area contributed by atoms with E-state index in [0.717, 1.165) is 0 Å². The van der Waals surface area contributed by atoms with Crippen LogP contribution in [0.1, 0.15) is 13.8 Å². The number of amides is 3. The number of aliphatic carboxylic acids is 1. The van der Waals surface area contributed by atoms with Crippen molar-refractivity contribution in [3.63, 3.8) is 0 Å². The number of anilines is 1. The number of carbonyl (C=O) groups excluding carboxylic acids is 2. The number of hydrogen-bond donors (Lipinski definition) is 3. The highest BCUT2D eigenvalue weighted by molar-refractivity contribution is 6.36. The van der Waals surface area contributed by atoms with Gasteiger partial charge in [-0.05, 0) is 32.0 Å². The molecular weight excluding hydrogens is 319 g/mol. The van der Waals surface area contributed by atoms with Crippen molar-refractivity contribution < 1.29 is 19.5 Å². The van der Waals surface area contributed by atoms with Crippen molar-refractivity contribution in [3.8, 4) is 0 Å². The van der Waals surface area contributed by atoms with Crippen molar-refractivity contribution in [1.29, 1.82) is 0 Å². The standard InChI is InChI=1S/C13H12Cl2N2O4/c1-6(7(2)12(19)20)11(18)17-13(21)16-10-4-3-8(14)5-9(10)15/h3-5H,1-2H3,(H,19,20)(H2,16,17,18,21). The predicted molar refractivity (Wildman–Crippen MR) is 79.6 cm³/mol. The van der Waals surface area contributed by atoms with Crippen LogP contribution in [-0.2, 0) is 9.59 Å². The van der Waals surface area contributed by atoms with Crippen molar-refractivity contribution in [2.75, 3.05) is 5.32 Å². The Morgan fingerprint density at radius 1 is 1.10 bits per heavy atom. The van der Waals surface area contributed by atoms with Crippen LogP contribution in [0.5, 0.6) is 0 Å². The van der Waals surface area contributed by atoms with E-state index in [1.807, 2.05) is 5.32 Å². The van der Waals surface area contributed by atoms with Gasteiger partial charge in [-0.2, -0.15) is 0 Å². The summed E-state index contributed by atoms with van der Waals surface area (Å²) in [7, 11) is 0. The van der Waals surface area contributed by atoms with Gasteiger partial charge in [-0.15, -0.1) is 0 Å². The maximum Gasteiger partial charge on any atom is 0.331 e. The highest BCUT2D eigenvalue weighted by Crippen LogP contribution is 2.25. The highest BCUT2D eigenvalue weighted by Gasteiger charge is 2.15. The van der Waals surface area contributed by atoms with E-state index in [0.29, 0.717) is 5.02 Å². The van der Waals surface area contributed by atoms with Gasteiger partial charge >= 0.3 is 12.0 Å². The first-order valence-electron chi connectivity index (χ1n) is 5.70. The monoisotopic (exact) mass is 330 g/mol. The molecule has 0 aromatic heterocycles. The molecule has 3 amide bonds. The summed E-state index contributed by atoms with van der Waals surface area (Å²) in [5, 5.41) is 13.7. The quantitative estimate of drug-likeness (QED) is 0.742. The second-order valence-electron chi connectivity index (χ2n) is 4.09. The lowest BCUT2D eigenvalue weighted by atomic mass is 10.1. The normalized spacial score (nSPS) is 11.4. The molecule has 0 saturated heterocycles. The lowest BCUT2D eigenvalue weighted by Crippen LogP contribution is -2.35. The molecule has 0 saturated carbocycles. The van der Waals surface area contributed by atoms with Gasteiger partial charge in [0, 0.05) is 16.2 Å². The molecule has 1 rings (SSSR count). The van der Waals surface area contributed by atoms with Gasteiger partial charge in [0.05, 0.1) is 10.7 Å². The molecule has 3 N–H and O–H groups in total. The average Bonchev–Trinajstić information content (AvgIpc) is 2.40. The number of halogens is 2. The topological polar surface area (TPSA) is 95.5 Å². The molecule has 0 radical (unpaired) electrons. The summed E-state index contributed by atoms with van der Waals surface area (Å²) in [4.78, 5) is 34.1. The number of carboxylic acid groups (broad SMARTS) is 1. The Bertz CT molecular complexity index is 641. The van der Waals surface area contributed by atoms with Gasteiger partial charge in [-0.25, -0.2) is 9.59 Å². The molecule has 6 nitrogen and oxygen atoms in total. The third kappa shape index (κ3) is 4.77. The SMILES string of the molecule is CC(C(=O)O)=C(C)C(=O)NC(=O)Nc1ccc(Cl)cc1Cl. The zero-order chi connectivity index (χ0) is 16.2. The summed E-state index contributed by atoms with van der Waals surface area (Å²) in [6.07, 6.45) is 0. The molecule has 0 fully saturated rings. The first-order valence-corrected chi connectivity index (χ1v) is 6.46. The van der Waals surface area contributed by atoms with E-state index in [1.165, 1.54) is 32.0 Å². The smallest absolute Gasteiger partial charge is 0.331 e. The molecular formula is C13H12Cl2N2O4. The first-order chi connectivity index (χ1) is 9.72. The molecule has 1 aromatic carbocycles. The van der Waals surface area contributed by atoms with Crippen molar-refractivity contribution >= 4 is 46.8 Å². The number of hydrogen-bond acceptors (Lipinski definition) is 3. The van der Waals surface area contributed by atoms with E-state index >= 15 is 0 Å². The first kappa shape index (κ1) is 17.0. The number of carboxylic acids is 1. The summed E-state index contributed by atoms with van der Waals surface area (Å²) in [6, 6.07) is 3.59. The van der Waals surface area contributed by atoms with Crippen LogP contribution in [0.2, 0.25) is 10.0 Å².